The van der Waals surface area contributed by atoms with Gasteiger partial charge in [-0.2, -0.15) is 4.39 Å². The first-order valence-electron chi connectivity index (χ1n) is 9.65. The minimum Gasteiger partial charge on any atom is -0.494 e. The van der Waals surface area contributed by atoms with Gasteiger partial charge in [-0.05, 0) is 68.2 Å². The first kappa shape index (κ1) is 20.3. The molecule has 28 heavy (non-hydrogen) atoms. The molecule has 1 aliphatic rings. The second-order valence-corrected chi connectivity index (χ2v) is 7.07. The Bertz CT molecular complexity index is 840. The standard InChI is InChI=1S/C23H25F3O2/c1-3-28-18-11-12-19(20(24)14-18)16-7-4-15(5-8-16)6-9-17-10-13-21(27-2)23(26)22(17)25/h6,9-16H,3-5,7-8H2,1-2H3/b9-6+. The van der Waals surface area contributed by atoms with Crippen LogP contribution in [0.3, 0.4) is 0 Å². The quantitative estimate of drug-likeness (QED) is 0.561. The first-order chi connectivity index (χ1) is 13.5. The fourth-order valence-corrected chi connectivity index (χ4v) is 3.79. The molecule has 0 bridgehead atoms. The van der Waals surface area contributed by atoms with Gasteiger partial charge in [-0.25, -0.2) is 8.78 Å². The molecule has 0 amide bonds. The monoisotopic (exact) mass is 390 g/mol. The number of ether oxygens (including phenoxy) is 2. The van der Waals surface area contributed by atoms with E-state index in [1.165, 1.54) is 25.3 Å². The van der Waals surface area contributed by atoms with Gasteiger partial charge in [-0.3, -0.25) is 0 Å². The molecule has 3 rings (SSSR count). The zero-order chi connectivity index (χ0) is 20.1. The van der Waals surface area contributed by atoms with Crippen LogP contribution >= 0.6 is 0 Å². The second-order valence-electron chi connectivity index (χ2n) is 7.07. The summed E-state index contributed by atoms with van der Waals surface area (Å²) in [6.07, 6.45) is 7.04. The van der Waals surface area contributed by atoms with Crippen LogP contribution in [0.5, 0.6) is 11.5 Å². The molecule has 1 aliphatic carbocycles. The Hall–Kier alpha value is -2.43. The maximum Gasteiger partial charge on any atom is 0.201 e. The van der Waals surface area contributed by atoms with E-state index >= 15 is 0 Å². The van der Waals surface area contributed by atoms with Crippen LogP contribution in [0.25, 0.3) is 6.08 Å². The molecule has 2 nitrogen and oxygen atoms in total. The van der Waals surface area contributed by atoms with Gasteiger partial charge in [0.1, 0.15) is 11.6 Å². The molecule has 1 fully saturated rings. The molecular formula is C23H25F3O2. The zero-order valence-corrected chi connectivity index (χ0v) is 16.2. The highest BCUT2D eigenvalue weighted by Gasteiger charge is 2.23. The number of halogens is 3. The van der Waals surface area contributed by atoms with Gasteiger partial charge < -0.3 is 9.47 Å². The maximum absolute atomic E-state index is 14.4. The molecule has 2 aromatic rings. The van der Waals surface area contributed by atoms with E-state index in [-0.39, 0.29) is 29.0 Å². The molecule has 0 heterocycles. The summed E-state index contributed by atoms with van der Waals surface area (Å²) in [4.78, 5) is 0. The Balaban J connectivity index is 1.61. The molecule has 0 N–H and O–H groups in total. The van der Waals surface area contributed by atoms with E-state index in [0.29, 0.717) is 12.4 Å². The minimum atomic E-state index is -0.973. The fourth-order valence-electron chi connectivity index (χ4n) is 3.79. The van der Waals surface area contributed by atoms with Gasteiger partial charge in [0.15, 0.2) is 11.6 Å². The summed E-state index contributed by atoms with van der Waals surface area (Å²) >= 11 is 0. The lowest BCUT2D eigenvalue weighted by Gasteiger charge is -2.27. The van der Waals surface area contributed by atoms with Crippen molar-refractivity contribution in [2.45, 2.75) is 38.5 Å². The number of methoxy groups -OCH3 is 1. The number of benzene rings is 2. The summed E-state index contributed by atoms with van der Waals surface area (Å²) in [5.41, 5.74) is 0.937. The largest absolute Gasteiger partial charge is 0.494 e. The molecule has 0 radical (unpaired) electrons. The molecular weight excluding hydrogens is 365 g/mol. The summed E-state index contributed by atoms with van der Waals surface area (Å²) in [6.45, 7) is 2.38. The molecule has 0 aromatic heterocycles. The highest BCUT2D eigenvalue weighted by molar-refractivity contribution is 5.52. The molecule has 0 aliphatic heterocycles. The predicted octanol–water partition coefficient (Wildman–Crippen LogP) is 6.50. The molecule has 1 saturated carbocycles. The smallest absolute Gasteiger partial charge is 0.201 e. The van der Waals surface area contributed by atoms with E-state index in [9.17, 15) is 13.2 Å². The molecule has 0 atom stereocenters. The maximum atomic E-state index is 14.4. The lowest BCUT2D eigenvalue weighted by molar-refractivity contribution is 0.336. The van der Waals surface area contributed by atoms with Crippen LogP contribution in [-0.4, -0.2) is 13.7 Å². The van der Waals surface area contributed by atoms with Crippen molar-refractivity contribution in [1.29, 1.82) is 0 Å². The minimum absolute atomic E-state index is 0.104. The van der Waals surface area contributed by atoms with Gasteiger partial charge in [0.2, 0.25) is 5.82 Å². The van der Waals surface area contributed by atoms with Gasteiger partial charge in [0, 0.05) is 11.6 Å². The average molecular weight is 390 g/mol. The topological polar surface area (TPSA) is 18.5 Å². The van der Waals surface area contributed by atoms with Crippen molar-refractivity contribution in [1.82, 2.24) is 0 Å². The fraction of sp³-hybridized carbons (Fsp3) is 0.391. The number of allylic oxidation sites excluding steroid dienone is 1. The molecule has 0 unspecified atom stereocenters. The molecule has 150 valence electrons. The van der Waals surface area contributed by atoms with Crippen LogP contribution in [0.1, 0.15) is 49.7 Å². The van der Waals surface area contributed by atoms with Crippen LogP contribution in [0.4, 0.5) is 13.2 Å². The summed E-state index contributed by atoms with van der Waals surface area (Å²) in [5, 5.41) is 0. The Morgan fingerprint density at radius 1 is 1.00 bits per heavy atom. The third-order valence-corrected chi connectivity index (χ3v) is 5.34. The van der Waals surface area contributed by atoms with E-state index in [0.717, 1.165) is 31.2 Å². The number of rotatable bonds is 6. The van der Waals surface area contributed by atoms with Gasteiger partial charge in [0.25, 0.3) is 0 Å². The van der Waals surface area contributed by atoms with E-state index in [1.54, 1.807) is 6.08 Å². The summed E-state index contributed by atoms with van der Waals surface area (Å²) in [7, 11) is 1.30. The number of hydrogen-bond acceptors (Lipinski definition) is 2. The van der Waals surface area contributed by atoms with Crippen LogP contribution < -0.4 is 9.47 Å². The molecule has 0 spiro atoms. The summed E-state index contributed by atoms with van der Waals surface area (Å²) in [5.74, 6) is -1.20. The normalized spacial score (nSPS) is 19.8. The van der Waals surface area contributed by atoms with E-state index in [2.05, 4.69) is 0 Å². The average Bonchev–Trinajstić information content (AvgIpc) is 2.70. The van der Waals surface area contributed by atoms with Crippen molar-refractivity contribution < 1.29 is 22.6 Å². The highest BCUT2D eigenvalue weighted by Crippen LogP contribution is 2.38. The zero-order valence-electron chi connectivity index (χ0n) is 16.2. The van der Waals surface area contributed by atoms with Gasteiger partial charge >= 0.3 is 0 Å². The molecule has 5 heteroatoms. The van der Waals surface area contributed by atoms with Crippen LogP contribution in [0, 0.1) is 23.4 Å². The van der Waals surface area contributed by atoms with Crippen molar-refractivity contribution in [2.75, 3.05) is 13.7 Å². The summed E-state index contributed by atoms with van der Waals surface area (Å²) < 4.78 is 52.4. The van der Waals surface area contributed by atoms with E-state index in [1.807, 2.05) is 25.1 Å². The van der Waals surface area contributed by atoms with Gasteiger partial charge in [-0.1, -0.05) is 18.2 Å². The molecule has 2 aromatic carbocycles. The van der Waals surface area contributed by atoms with Crippen LogP contribution in [-0.2, 0) is 0 Å². The Morgan fingerprint density at radius 2 is 1.75 bits per heavy atom. The third-order valence-electron chi connectivity index (χ3n) is 5.34. The van der Waals surface area contributed by atoms with Crippen molar-refractivity contribution in [3.8, 4) is 11.5 Å². The Kier molecular flexibility index (Phi) is 6.65. The predicted molar refractivity (Wildman–Crippen MR) is 104 cm³/mol. The Morgan fingerprint density at radius 3 is 2.39 bits per heavy atom. The third kappa shape index (κ3) is 4.51. The van der Waals surface area contributed by atoms with Gasteiger partial charge in [0.05, 0.1) is 13.7 Å². The van der Waals surface area contributed by atoms with Crippen LogP contribution in [0.2, 0.25) is 0 Å². The summed E-state index contributed by atoms with van der Waals surface area (Å²) in [6, 6.07) is 8.01. The highest BCUT2D eigenvalue weighted by atomic mass is 19.2. The Labute approximate surface area is 164 Å². The van der Waals surface area contributed by atoms with Gasteiger partial charge in [-0.15, -0.1) is 0 Å². The lowest BCUT2D eigenvalue weighted by Crippen LogP contribution is -2.13. The SMILES string of the molecule is CCOc1ccc(C2CCC(/C=C/c3ccc(OC)c(F)c3F)CC2)c(F)c1. The van der Waals surface area contributed by atoms with Crippen LogP contribution in [0.15, 0.2) is 36.4 Å². The van der Waals surface area contributed by atoms with E-state index < -0.39 is 11.6 Å². The molecule has 0 saturated heterocycles. The van der Waals surface area contributed by atoms with Crippen molar-refractivity contribution in [2.24, 2.45) is 5.92 Å². The van der Waals surface area contributed by atoms with Crippen molar-refractivity contribution in [3.05, 3.63) is 65.0 Å². The lowest BCUT2D eigenvalue weighted by atomic mass is 9.78. The van der Waals surface area contributed by atoms with Crippen molar-refractivity contribution in [3.63, 3.8) is 0 Å². The first-order valence-corrected chi connectivity index (χ1v) is 9.65. The second kappa shape index (κ2) is 9.18. The number of hydrogen-bond donors (Lipinski definition) is 0. The van der Waals surface area contributed by atoms with Crippen molar-refractivity contribution >= 4 is 6.08 Å². The van der Waals surface area contributed by atoms with E-state index in [4.69, 9.17) is 9.47 Å².